The number of furan rings is 1. The highest BCUT2D eigenvalue weighted by atomic mass is 16.4. The molecule has 6 heteroatoms. The average molecular weight is 254 g/mol. The Kier molecular flexibility index (Phi) is 5.23. The third kappa shape index (κ3) is 4.48. The number of amides is 2. The van der Waals surface area contributed by atoms with Crippen molar-refractivity contribution in [3.05, 3.63) is 24.2 Å². The zero-order valence-electron chi connectivity index (χ0n) is 10.5. The van der Waals surface area contributed by atoms with Crippen LogP contribution >= 0.6 is 0 Å². The number of nitrogens with one attached hydrogen (secondary N) is 1. The van der Waals surface area contributed by atoms with Crippen LogP contribution in [0.5, 0.6) is 0 Å². The lowest BCUT2D eigenvalue weighted by Gasteiger charge is -2.22. The van der Waals surface area contributed by atoms with E-state index < -0.39 is 12.0 Å². The van der Waals surface area contributed by atoms with Crippen LogP contribution in [0.1, 0.15) is 26.0 Å². The predicted molar refractivity (Wildman–Crippen MR) is 65.0 cm³/mol. The molecule has 0 bridgehead atoms. The molecule has 100 valence electrons. The number of carboxylic acid groups (broad SMARTS) is 1. The van der Waals surface area contributed by atoms with Crippen molar-refractivity contribution in [3.63, 3.8) is 0 Å². The second-order valence-electron chi connectivity index (χ2n) is 4.04. The maximum atomic E-state index is 11.9. The molecule has 0 fully saturated rings. The van der Waals surface area contributed by atoms with Crippen molar-refractivity contribution in [2.45, 2.75) is 32.9 Å². The summed E-state index contributed by atoms with van der Waals surface area (Å²) in [6.45, 7) is 4.40. The molecule has 2 N–H and O–H groups in total. The topological polar surface area (TPSA) is 82.8 Å². The SMILES string of the molecule is CCN(Cc1ccco1)C(=O)NC(C)CC(=O)O. The van der Waals surface area contributed by atoms with Crippen molar-refractivity contribution < 1.29 is 19.1 Å². The van der Waals surface area contributed by atoms with Crippen LogP contribution < -0.4 is 5.32 Å². The van der Waals surface area contributed by atoms with Crippen LogP contribution in [-0.2, 0) is 11.3 Å². The Hall–Kier alpha value is -1.98. The summed E-state index contributed by atoms with van der Waals surface area (Å²) in [5.41, 5.74) is 0. The van der Waals surface area contributed by atoms with Gasteiger partial charge in [0.05, 0.1) is 19.2 Å². The Morgan fingerprint density at radius 3 is 2.78 bits per heavy atom. The molecule has 0 spiro atoms. The summed E-state index contributed by atoms with van der Waals surface area (Å²) >= 11 is 0. The molecule has 0 aromatic carbocycles. The standard InChI is InChI=1S/C12H18N2O4/c1-3-14(8-10-5-4-6-18-10)12(17)13-9(2)7-11(15)16/h4-6,9H,3,7-8H2,1-2H3,(H,13,17)(H,15,16). The van der Waals surface area contributed by atoms with Crippen LogP contribution in [0.25, 0.3) is 0 Å². The third-order valence-corrected chi connectivity index (χ3v) is 2.45. The summed E-state index contributed by atoms with van der Waals surface area (Å²) in [7, 11) is 0. The van der Waals surface area contributed by atoms with Gasteiger partial charge in [0.15, 0.2) is 0 Å². The molecule has 2 amide bonds. The molecule has 1 aromatic rings. The van der Waals surface area contributed by atoms with E-state index in [0.29, 0.717) is 18.8 Å². The summed E-state index contributed by atoms with van der Waals surface area (Å²) in [4.78, 5) is 23.9. The van der Waals surface area contributed by atoms with Gasteiger partial charge in [0.25, 0.3) is 0 Å². The minimum atomic E-state index is -0.933. The van der Waals surface area contributed by atoms with Crippen LogP contribution in [0.15, 0.2) is 22.8 Å². The number of carboxylic acids is 1. The van der Waals surface area contributed by atoms with Crippen LogP contribution in [0.2, 0.25) is 0 Å². The van der Waals surface area contributed by atoms with E-state index in [0.717, 1.165) is 0 Å². The molecule has 1 rings (SSSR count). The average Bonchev–Trinajstić information content (AvgIpc) is 2.76. The van der Waals surface area contributed by atoms with Gasteiger partial charge in [0.1, 0.15) is 5.76 Å². The molecule has 0 saturated heterocycles. The number of nitrogens with zero attached hydrogens (tertiary/aromatic N) is 1. The van der Waals surface area contributed by atoms with Gasteiger partial charge in [-0.25, -0.2) is 4.79 Å². The Labute approximate surface area is 106 Å². The van der Waals surface area contributed by atoms with E-state index in [-0.39, 0.29) is 12.5 Å². The van der Waals surface area contributed by atoms with Crippen LogP contribution in [0.4, 0.5) is 4.79 Å². The lowest BCUT2D eigenvalue weighted by molar-refractivity contribution is -0.137. The van der Waals surface area contributed by atoms with E-state index in [2.05, 4.69) is 5.32 Å². The van der Waals surface area contributed by atoms with Crippen molar-refractivity contribution in [2.75, 3.05) is 6.54 Å². The summed E-state index contributed by atoms with van der Waals surface area (Å²) < 4.78 is 5.17. The van der Waals surface area contributed by atoms with Gasteiger partial charge in [0, 0.05) is 12.6 Å². The highest BCUT2D eigenvalue weighted by molar-refractivity contribution is 5.75. The number of carbonyl (C=O) groups is 2. The molecule has 6 nitrogen and oxygen atoms in total. The molecule has 1 aromatic heterocycles. The first-order valence-corrected chi connectivity index (χ1v) is 5.82. The molecule has 0 aliphatic carbocycles. The largest absolute Gasteiger partial charge is 0.481 e. The second-order valence-corrected chi connectivity index (χ2v) is 4.04. The summed E-state index contributed by atoms with van der Waals surface area (Å²) in [5.74, 6) is -0.241. The molecule has 1 heterocycles. The number of hydrogen-bond acceptors (Lipinski definition) is 3. The van der Waals surface area contributed by atoms with Gasteiger partial charge in [-0.1, -0.05) is 0 Å². The number of urea groups is 1. The number of hydrogen-bond donors (Lipinski definition) is 2. The Bertz CT molecular complexity index is 389. The number of rotatable bonds is 6. The molecule has 1 atom stereocenters. The van der Waals surface area contributed by atoms with E-state index in [4.69, 9.17) is 9.52 Å². The zero-order chi connectivity index (χ0) is 13.5. The summed E-state index contributed by atoms with van der Waals surface area (Å²) in [6.07, 6.45) is 1.46. The molecule has 0 saturated carbocycles. The highest BCUT2D eigenvalue weighted by Gasteiger charge is 2.16. The van der Waals surface area contributed by atoms with Crippen molar-refractivity contribution >= 4 is 12.0 Å². The smallest absolute Gasteiger partial charge is 0.318 e. The van der Waals surface area contributed by atoms with E-state index in [1.54, 1.807) is 30.2 Å². The minimum Gasteiger partial charge on any atom is -0.481 e. The second kappa shape index (κ2) is 6.68. The Morgan fingerprint density at radius 2 is 2.28 bits per heavy atom. The van der Waals surface area contributed by atoms with Crippen molar-refractivity contribution in [2.24, 2.45) is 0 Å². The number of aliphatic carboxylic acids is 1. The van der Waals surface area contributed by atoms with Crippen molar-refractivity contribution in [1.82, 2.24) is 10.2 Å². The van der Waals surface area contributed by atoms with Gasteiger partial charge in [-0.05, 0) is 26.0 Å². The number of carbonyl (C=O) groups excluding carboxylic acids is 1. The first kappa shape index (κ1) is 14.1. The molecule has 18 heavy (non-hydrogen) atoms. The molecule has 0 aliphatic rings. The molecule has 0 aliphatic heterocycles. The molecular weight excluding hydrogens is 236 g/mol. The van der Waals surface area contributed by atoms with Crippen LogP contribution in [0, 0.1) is 0 Å². The van der Waals surface area contributed by atoms with E-state index in [9.17, 15) is 9.59 Å². The zero-order valence-corrected chi connectivity index (χ0v) is 10.5. The fourth-order valence-corrected chi connectivity index (χ4v) is 1.53. The fourth-order valence-electron chi connectivity index (χ4n) is 1.53. The lowest BCUT2D eigenvalue weighted by Crippen LogP contribution is -2.44. The Balaban J connectivity index is 2.49. The third-order valence-electron chi connectivity index (χ3n) is 2.45. The van der Waals surface area contributed by atoms with Gasteiger partial charge >= 0.3 is 12.0 Å². The quantitative estimate of drug-likeness (QED) is 0.809. The highest BCUT2D eigenvalue weighted by Crippen LogP contribution is 2.06. The lowest BCUT2D eigenvalue weighted by atomic mass is 10.2. The first-order chi connectivity index (χ1) is 8.52. The predicted octanol–water partition coefficient (Wildman–Crippen LogP) is 1.67. The van der Waals surface area contributed by atoms with Gasteiger partial charge in [0.2, 0.25) is 0 Å². The van der Waals surface area contributed by atoms with Crippen LogP contribution in [0.3, 0.4) is 0 Å². The van der Waals surface area contributed by atoms with E-state index in [1.165, 1.54) is 0 Å². The van der Waals surface area contributed by atoms with Gasteiger partial charge < -0.3 is 19.7 Å². The summed E-state index contributed by atoms with van der Waals surface area (Å²) in [6, 6.07) is 2.85. The van der Waals surface area contributed by atoms with E-state index >= 15 is 0 Å². The molecule has 0 radical (unpaired) electrons. The Morgan fingerprint density at radius 1 is 1.56 bits per heavy atom. The normalized spacial score (nSPS) is 11.9. The van der Waals surface area contributed by atoms with Gasteiger partial charge in [-0.2, -0.15) is 0 Å². The minimum absolute atomic E-state index is 0.0932. The fraction of sp³-hybridized carbons (Fsp3) is 0.500. The van der Waals surface area contributed by atoms with Gasteiger partial charge in [-0.15, -0.1) is 0 Å². The van der Waals surface area contributed by atoms with Gasteiger partial charge in [-0.3, -0.25) is 4.79 Å². The summed E-state index contributed by atoms with van der Waals surface area (Å²) in [5, 5.41) is 11.3. The monoisotopic (exact) mass is 254 g/mol. The van der Waals surface area contributed by atoms with Crippen molar-refractivity contribution in [1.29, 1.82) is 0 Å². The maximum Gasteiger partial charge on any atom is 0.318 e. The van der Waals surface area contributed by atoms with Crippen LogP contribution in [-0.4, -0.2) is 34.6 Å². The molecular formula is C12H18N2O4. The molecule has 1 unspecified atom stereocenters. The first-order valence-electron chi connectivity index (χ1n) is 5.82. The van der Waals surface area contributed by atoms with E-state index in [1.807, 2.05) is 6.92 Å². The van der Waals surface area contributed by atoms with Crippen molar-refractivity contribution in [3.8, 4) is 0 Å². The maximum absolute atomic E-state index is 11.9.